The maximum absolute atomic E-state index is 10.3. The third-order valence-electron chi connectivity index (χ3n) is 1.34. The molecule has 0 saturated carbocycles. The zero-order valence-electron chi connectivity index (χ0n) is 6.76. The third-order valence-corrected chi connectivity index (χ3v) is 1.34. The number of nitro groups is 1. The lowest BCUT2D eigenvalue weighted by atomic mass is 10.3. The molecule has 13 heavy (non-hydrogen) atoms. The standard InChI is InChI=1S/C7H6N2O4/c1-13-7-3-5(4-10)2-6(8-7)9(11)12/h2-4H,1H3. The minimum absolute atomic E-state index is 0.0521. The summed E-state index contributed by atoms with van der Waals surface area (Å²) in [6, 6.07) is 2.40. The molecule has 0 radical (unpaired) electrons. The van der Waals surface area contributed by atoms with Crippen LogP contribution in [0.3, 0.4) is 0 Å². The number of aromatic nitrogens is 1. The predicted molar refractivity (Wildman–Crippen MR) is 42.8 cm³/mol. The van der Waals surface area contributed by atoms with Crippen molar-refractivity contribution in [1.29, 1.82) is 0 Å². The fraction of sp³-hybridized carbons (Fsp3) is 0.143. The summed E-state index contributed by atoms with van der Waals surface area (Å²) >= 11 is 0. The van der Waals surface area contributed by atoms with Gasteiger partial charge in [-0.1, -0.05) is 0 Å². The molecule has 0 unspecified atom stereocenters. The van der Waals surface area contributed by atoms with Crippen molar-refractivity contribution in [3.8, 4) is 5.88 Å². The summed E-state index contributed by atoms with van der Waals surface area (Å²) in [7, 11) is 1.32. The number of nitrogens with zero attached hydrogens (tertiary/aromatic N) is 2. The zero-order chi connectivity index (χ0) is 9.84. The molecule has 68 valence electrons. The minimum atomic E-state index is -0.685. The van der Waals surface area contributed by atoms with Crippen LogP contribution in [0.1, 0.15) is 10.4 Å². The Balaban J connectivity index is 3.22. The Labute approximate surface area is 73.3 Å². The molecule has 1 heterocycles. The van der Waals surface area contributed by atoms with E-state index in [0.717, 1.165) is 6.07 Å². The molecule has 1 aromatic heterocycles. The first kappa shape index (κ1) is 9.11. The number of pyridine rings is 1. The van der Waals surface area contributed by atoms with Gasteiger partial charge in [-0.2, -0.15) is 0 Å². The van der Waals surface area contributed by atoms with Crippen molar-refractivity contribution in [2.75, 3.05) is 7.11 Å². The first-order valence-corrected chi connectivity index (χ1v) is 3.33. The lowest BCUT2D eigenvalue weighted by Gasteiger charge is -1.96. The molecule has 0 aliphatic rings. The Hall–Kier alpha value is -1.98. The second-order valence-electron chi connectivity index (χ2n) is 2.18. The van der Waals surface area contributed by atoms with Crippen molar-refractivity contribution in [3.05, 3.63) is 27.8 Å². The monoisotopic (exact) mass is 182 g/mol. The van der Waals surface area contributed by atoms with Gasteiger partial charge < -0.3 is 14.9 Å². The highest BCUT2D eigenvalue weighted by Crippen LogP contribution is 2.15. The van der Waals surface area contributed by atoms with Crippen LogP contribution in [0.15, 0.2) is 12.1 Å². The zero-order valence-corrected chi connectivity index (χ0v) is 6.76. The van der Waals surface area contributed by atoms with E-state index in [0.29, 0.717) is 6.29 Å². The molecule has 6 nitrogen and oxygen atoms in total. The molecule has 0 atom stereocenters. The number of ether oxygens (including phenoxy) is 1. The minimum Gasteiger partial charge on any atom is -0.463 e. The largest absolute Gasteiger partial charge is 0.463 e. The molecule has 0 spiro atoms. The Morgan fingerprint density at radius 3 is 2.77 bits per heavy atom. The van der Waals surface area contributed by atoms with Gasteiger partial charge in [0, 0.05) is 22.7 Å². The van der Waals surface area contributed by atoms with Crippen molar-refractivity contribution in [3.63, 3.8) is 0 Å². The van der Waals surface area contributed by atoms with Crippen molar-refractivity contribution < 1.29 is 14.5 Å². The molecule has 6 heteroatoms. The van der Waals surface area contributed by atoms with Gasteiger partial charge >= 0.3 is 11.7 Å². The molecule has 0 saturated heterocycles. The topological polar surface area (TPSA) is 82.3 Å². The van der Waals surface area contributed by atoms with Gasteiger partial charge in [-0.3, -0.25) is 4.79 Å². The summed E-state index contributed by atoms with van der Waals surface area (Å²) in [5, 5.41) is 10.3. The van der Waals surface area contributed by atoms with Gasteiger partial charge in [0.2, 0.25) is 0 Å². The quantitative estimate of drug-likeness (QED) is 0.392. The first-order chi connectivity index (χ1) is 6.17. The molecule has 0 fully saturated rings. The highest BCUT2D eigenvalue weighted by Gasteiger charge is 2.12. The summed E-state index contributed by atoms with van der Waals surface area (Å²) in [6.45, 7) is 0. The van der Waals surface area contributed by atoms with Crippen molar-refractivity contribution in [2.45, 2.75) is 0 Å². The van der Waals surface area contributed by atoms with E-state index >= 15 is 0 Å². The van der Waals surface area contributed by atoms with Gasteiger partial charge in [0.15, 0.2) is 6.29 Å². The maximum atomic E-state index is 10.3. The summed E-state index contributed by atoms with van der Waals surface area (Å²) in [5.41, 5.74) is 0.165. The highest BCUT2D eigenvalue weighted by molar-refractivity contribution is 5.76. The second kappa shape index (κ2) is 3.61. The number of hydrogen-bond donors (Lipinski definition) is 0. The van der Waals surface area contributed by atoms with Crippen LogP contribution in [0.4, 0.5) is 5.82 Å². The van der Waals surface area contributed by atoms with Gasteiger partial charge in [0.1, 0.15) is 0 Å². The van der Waals surface area contributed by atoms with Crippen LogP contribution >= 0.6 is 0 Å². The van der Waals surface area contributed by atoms with Crippen molar-refractivity contribution in [1.82, 2.24) is 4.98 Å². The molecular weight excluding hydrogens is 176 g/mol. The van der Waals surface area contributed by atoms with E-state index < -0.39 is 10.7 Å². The number of carbonyl (C=O) groups is 1. The Bertz CT molecular complexity index is 350. The number of aldehydes is 1. The molecule has 1 rings (SSSR count). The van der Waals surface area contributed by atoms with E-state index in [2.05, 4.69) is 9.72 Å². The van der Waals surface area contributed by atoms with E-state index in [4.69, 9.17) is 0 Å². The van der Waals surface area contributed by atoms with E-state index in [1.54, 1.807) is 0 Å². The molecule has 0 aliphatic carbocycles. The molecular formula is C7H6N2O4. The van der Waals surface area contributed by atoms with Gasteiger partial charge in [-0.15, -0.1) is 0 Å². The van der Waals surface area contributed by atoms with Crippen molar-refractivity contribution >= 4 is 12.1 Å². The number of rotatable bonds is 3. The van der Waals surface area contributed by atoms with Crippen LogP contribution in [0, 0.1) is 10.1 Å². The molecule has 0 bridgehead atoms. The lowest BCUT2D eigenvalue weighted by molar-refractivity contribution is -0.389. The Kier molecular flexibility index (Phi) is 2.53. The smallest absolute Gasteiger partial charge is 0.368 e. The molecule has 0 aliphatic heterocycles. The molecule has 0 N–H and O–H groups in total. The van der Waals surface area contributed by atoms with Crippen LogP contribution in [-0.2, 0) is 0 Å². The van der Waals surface area contributed by atoms with E-state index in [-0.39, 0.29) is 11.4 Å². The van der Waals surface area contributed by atoms with Gasteiger partial charge in [0.25, 0.3) is 0 Å². The van der Waals surface area contributed by atoms with Gasteiger partial charge in [0.05, 0.1) is 7.11 Å². The predicted octanol–water partition coefficient (Wildman–Crippen LogP) is 0.811. The first-order valence-electron chi connectivity index (χ1n) is 3.33. The van der Waals surface area contributed by atoms with Crippen LogP contribution in [0.5, 0.6) is 5.88 Å². The SMILES string of the molecule is COc1cc(C=O)cc([N+](=O)[O-])n1. The summed E-state index contributed by atoms with van der Waals surface area (Å²) in [6.07, 6.45) is 0.497. The number of methoxy groups -OCH3 is 1. The van der Waals surface area contributed by atoms with Crippen LogP contribution in [-0.4, -0.2) is 23.3 Å². The average Bonchev–Trinajstić information content (AvgIpc) is 2.16. The van der Waals surface area contributed by atoms with Gasteiger partial charge in [-0.25, -0.2) is 0 Å². The maximum Gasteiger partial charge on any atom is 0.368 e. The summed E-state index contributed by atoms with van der Waals surface area (Å²) in [4.78, 5) is 23.5. The van der Waals surface area contributed by atoms with Gasteiger partial charge in [-0.05, 0) is 4.92 Å². The lowest BCUT2D eigenvalue weighted by Crippen LogP contribution is -1.96. The van der Waals surface area contributed by atoms with Crippen LogP contribution < -0.4 is 4.74 Å². The average molecular weight is 182 g/mol. The fourth-order valence-electron chi connectivity index (χ4n) is 0.777. The summed E-state index contributed by atoms with van der Waals surface area (Å²) < 4.78 is 4.67. The molecule has 1 aromatic rings. The van der Waals surface area contributed by atoms with Crippen LogP contribution in [0.25, 0.3) is 0 Å². The highest BCUT2D eigenvalue weighted by atomic mass is 16.6. The Morgan fingerprint density at radius 2 is 2.31 bits per heavy atom. The van der Waals surface area contributed by atoms with Crippen LogP contribution in [0.2, 0.25) is 0 Å². The summed E-state index contributed by atoms with van der Waals surface area (Å²) in [5.74, 6) is -0.349. The second-order valence-corrected chi connectivity index (χ2v) is 2.18. The van der Waals surface area contributed by atoms with E-state index in [1.165, 1.54) is 13.2 Å². The number of carbonyl (C=O) groups excluding carboxylic acids is 1. The fourth-order valence-corrected chi connectivity index (χ4v) is 0.777. The normalized spacial score (nSPS) is 9.31. The Morgan fingerprint density at radius 1 is 1.62 bits per heavy atom. The van der Waals surface area contributed by atoms with Crippen molar-refractivity contribution in [2.24, 2.45) is 0 Å². The van der Waals surface area contributed by atoms with E-state index in [9.17, 15) is 14.9 Å². The number of hydrogen-bond acceptors (Lipinski definition) is 5. The van der Waals surface area contributed by atoms with E-state index in [1.807, 2.05) is 0 Å². The molecule has 0 amide bonds. The third kappa shape index (κ3) is 1.98. The molecule has 0 aromatic carbocycles.